The van der Waals surface area contributed by atoms with Gasteiger partial charge in [0.05, 0.1) is 5.41 Å². The smallest absolute Gasteiger partial charge is 0.0504 e. The number of hydrogen-bond acceptors (Lipinski definition) is 0. The lowest BCUT2D eigenvalue weighted by Gasteiger charge is -2.17. The lowest BCUT2D eigenvalue weighted by atomic mass is 9.85. The highest BCUT2D eigenvalue weighted by molar-refractivity contribution is 5.33. The Morgan fingerprint density at radius 2 is 1.50 bits per heavy atom. The maximum atomic E-state index is 5.43. The van der Waals surface area contributed by atoms with E-state index in [4.69, 9.17) is 6.42 Å². The summed E-state index contributed by atoms with van der Waals surface area (Å²) in [6.07, 6.45) is 5.43. The van der Waals surface area contributed by atoms with Gasteiger partial charge in [-0.2, -0.15) is 0 Å². The molecule has 0 aliphatic rings. The summed E-state index contributed by atoms with van der Waals surface area (Å²) in [5.41, 5.74) is 2.33. The lowest BCUT2D eigenvalue weighted by molar-refractivity contribution is 0.699. The maximum absolute atomic E-state index is 5.43. The van der Waals surface area contributed by atoms with Gasteiger partial charge in [-0.25, -0.2) is 0 Å². The number of hydrogen-bond donors (Lipinski definition) is 0. The predicted octanol–water partition coefficient (Wildman–Crippen LogP) is 3.93. The molecule has 1 rings (SSSR count). The molecule has 0 fully saturated rings. The van der Waals surface area contributed by atoms with Crippen LogP contribution in [0.2, 0.25) is 0 Å². The molecule has 0 atom stereocenters. The molecule has 0 N–H and O–H groups in total. The topological polar surface area (TPSA) is 0 Å². The highest BCUT2D eigenvalue weighted by atomic mass is 14.2. The molecule has 0 unspecified atom stereocenters. The molecule has 0 heteroatoms. The van der Waals surface area contributed by atoms with Crippen LogP contribution in [-0.2, 0) is 5.41 Å². The van der Waals surface area contributed by atoms with Crippen LogP contribution in [0.1, 0.15) is 38.8 Å². The molecule has 0 bridgehead atoms. The van der Waals surface area contributed by atoms with Crippen molar-refractivity contribution in [3.63, 3.8) is 0 Å². The molecule has 0 spiro atoms. The Morgan fingerprint density at radius 3 is 1.86 bits per heavy atom. The van der Waals surface area contributed by atoms with Gasteiger partial charge in [0.25, 0.3) is 0 Å². The van der Waals surface area contributed by atoms with E-state index in [0.717, 1.165) is 0 Å². The van der Waals surface area contributed by atoms with Gasteiger partial charge in [-0.15, -0.1) is 6.42 Å². The molecule has 0 saturated heterocycles. The standard InChI is InChI=1S/C12H14.C2H6/c1-5-12(3,4)11-8-6-10(2)7-9-11;1-2/h1,6-9H,2-4H3;1-2H3. The zero-order valence-electron chi connectivity index (χ0n) is 9.89. The molecule has 0 amide bonds. The van der Waals surface area contributed by atoms with Crippen LogP contribution in [0.4, 0.5) is 0 Å². The molecule has 76 valence electrons. The molecule has 0 aliphatic heterocycles. The average molecular weight is 188 g/mol. The Balaban J connectivity index is 0.000000791. The highest BCUT2D eigenvalue weighted by Crippen LogP contribution is 2.21. The van der Waals surface area contributed by atoms with E-state index in [1.54, 1.807) is 0 Å². The van der Waals surface area contributed by atoms with Crippen molar-refractivity contribution in [1.82, 2.24) is 0 Å². The fraction of sp³-hybridized carbons (Fsp3) is 0.429. The van der Waals surface area contributed by atoms with Gasteiger partial charge in [0.15, 0.2) is 0 Å². The summed E-state index contributed by atoms with van der Waals surface area (Å²) in [5.74, 6) is 2.78. The first-order chi connectivity index (χ1) is 6.56. The first-order valence-electron chi connectivity index (χ1n) is 5.11. The average Bonchev–Trinajstić information content (AvgIpc) is 2.21. The first-order valence-corrected chi connectivity index (χ1v) is 5.11. The van der Waals surface area contributed by atoms with Crippen molar-refractivity contribution in [2.45, 2.75) is 40.0 Å². The molecule has 0 nitrogen and oxygen atoms in total. The molecule has 0 aliphatic carbocycles. The van der Waals surface area contributed by atoms with E-state index >= 15 is 0 Å². The van der Waals surface area contributed by atoms with E-state index in [1.165, 1.54) is 11.1 Å². The SMILES string of the molecule is C#CC(C)(C)c1ccc(C)cc1.CC. The molecule has 0 saturated carbocycles. The van der Waals surface area contributed by atoms with E-state index in [9.17, 15) is 0 Å². The van der Waals surface area contributed by atoms with Gasteiger partial charge in [0.2, 0.25) is 0 Å². The van der Waals surface area contributed by atoms with E-state index in [2.05, 4.69) is 51.0 Å². The van der Waals surface area contributed by atoms with Crippen molar-refractivity contribution >= 4 is 0 Å². The van der Waals surface area contributed by atoms with Crippen molar-refractivity contribution in [2.24, 2.45) is 0 Å². The zero-order chi connectivity index (χ0) is 11.2. The Morgan fingerprint density at radius 1 is 1.07 bits per heavy atom. The largest absolute Gasteiger partial charge is 0.119 e. The monoisotopic (exact) mass is 188 g/mol. The number of rotatable bonds is 1. The van der Waals surface area contributed by atoms with Crippen molar-refractivity contribution < 1.29 is 0 Å². The number of aryl methyl sites for hydroxylation is 1. The Bertz CT molecular complexity index is 296. The molecule has 0 radical (unpaired) electrons. The maximum Gasteiger partial charge on any atom is 0.0504 e. The van der Waals surface area contributed by atoms with E-state index < -0.39 is 0 Å². The molecule has 14 heavy (non-hydrogen) atoms. The van der Waals surface area contributed by atoms with Crippen LogP contribution in [0.3, 0.4) is 0 Å². The summed E-state index contributed by atoms with van der Waals surface area (Å²) in [6, 6.07) is 8.37. The van der Waals surface area contributed by atoms with Gasteiger partial charge in [-0.1, -0.05) is 49.6 Å². The van der Waals surface area contributed by atoms with Crippen LogP contribution in [-0.4, -0.2) is 0 Å². The molecule has 1 aromatic carbocycles. The highest BCUT2D eigenvalue weighted by Gasteiger charge is 2.15. The third-order valence-corrected chi connectivity index (χ3v) is 2.13. The second-order valence-electron chi connectivity index (χ2n) is 3.64. The predicted molar refractivity (Wildman–Crippen MR) is 64.4 cm³/mol. The van der Waals surface area contributed by atoms with E-state index in [-0.39, 0.29) is 5.41 Å². The van der Waals surface area contributed by atoms with Gasteiger partial charge in [0, 0.05) is 0 Å². The van der Waals surface area contributed by atoms with Crippen LogP contribution in [0.25, 0.3) is 0 Å². The van der Waals surface area contributed by atoms with Crippen LogP contribution >= 0.6 is 0 Å². The number of benzene rings is 1. The van der Waals surface area contributed by atoms with Gasteiger partial charge < -0.3 is 0 Å². The van der Waals surface area contributed by atoms with Gasteiger partial charge >= 0.3 is 0 Å². The lowest BCUT2D eigenvalue weighted by Crippen LogP contribution is -2.13. The fourth-order valence-electron chi connectivity index (χ4n) is 1.05. The van der Waals surface area contributed by atoms with Crippen LogP contribution in [0, 0.1) is 19.3 Å². The minimum absolute atomic E-state index is 0.145. The Labute approximate surface area is 88.4 Å². The second kappa shape index (κ2) is 5.50. The quantitative estimate of drug-likeness (QED) is 0.586. The molecule has 1 aromatic rings. The summed E-state index contributed by atoms with van der Waals surface area (Å²) >= 11 is 0. The summed E-state index contributed by atoms with van der Waals surface area (Å²) in [7, 11) is 0. The third-order valence-electron chi connectivity index (χ3n) is 2.13. The zero-order valence-corrected chi connectivity index (χ0v) is 9.89. The van der Waals surface area contributed by atoms with Crippen molar-refractivity contribution in [3.05, 3.63) is 35.4 Å². The van der Waals surface area contributed by atoms with Gasteiger partial charge in [-0.3, -0.25) is 0 Å². The molecular weight excluding hydrogens is 168 g/mol. The van der Waals surface area contributed by atoms with Crippen LogP contribution in [0.15, 0.2) is 24.3 Å². The molecular formula is C14H20. The first kappa shape index (κ1) is 12.8. The van der Waals surface area contributed by atoms with Crippen molar-refractivity contribution in [3.8, 4) is 12.3 Å². The second-order valence-corrected chi connectivity index (χ2v) is 3.64. The summed E-state index contributed by atoms with van der Waals surface area (Å²) in [6.45, 7) is 10.2. The van der Waals surface area contributed by atoms with E-state index in [1.807, 2.05) is 13.8 Å². The van der Waals surface area contributed by atoms with Gasteiger partial charge in [0.1, 0.15) is 0 Å². The van der Waals surface area contributed by atoms with Gasteiger partial charge in [-0.05, 0) is 26.3 Å². The summed E-state index contributed by atoms with van der Waals surface area (Å²) in [5, 5.41) is 0. The fourth-order valence-corrected chi connectivity index (χ4v) is 1.05. The molecule has 0 aromatic heterocycles. The van der Waals surface area contributed by atoms with Crippen LogP contribution in [0.5, 0.6) is 0 Å². The Kier molecular flexibility index (Phi) is 5.02. The number of terminal acetylenes is 1. The van der Waals surface area contributed by atoms with Crippen molar-refractivity contribution in [2.75, 3.05) is 0 Å². The minimum Gasteiger partial charge on any atom is -0.119 e. The third kappa shape index (κ3) is 3.26. The summed E-state index contributed by atoms with van der Waals surface area (Å²) < 4.78 is 0. The Hall–Kier alpha value is -1.22. The minimum atomic E-state index is -0.145. The van der Waals surface area contributed by atoms with Crippen LogP contribution < -0.4 is 0 Å². The summed E-state index contributed by atoms with van der Waals surface area (Å²) in [4.78, 5) is 0. The van der Waals surface area contributed by atoms with Crippen molar-refractivity contribution in [1.29, 1.82) is 0 Å². The van der Waals surface area contributed by atoms with E-state index in [0.29, 0.717) is 0 Å². The molecule has 0 heterocycles. The normalized spacial score (nSPS) is 9.71.